The van der Waals surface area contributed by atoms with E-state index in [-0.39, 0.29) is 24.4 Å². The van der Waals surface area contributed by atoms with Crippen molar-refractivity contribution in [3.05, 3.63) is 70.4 Å². The fourth-order valence-electron chi connectivity index (χ4n) is 4.77. The first-order valence-electron chi connectivity index (χ1n) is 10.0. The SMILES string of the molecule is CCCN1CC(=O)N2[C@@H](c3ccc(Cl)cc3)c3[nH]c4ccccc4c3C[C@@H]2C1=O. The van der Waals surface area contributed by atoms with Crippen molar-refractivity contribution in [1.29, 1.82) is 0 Å². The Hall–Kier alpha value is -2.79. The molecule has 5 rings (SSSR count). The van der Waals surface area contributed by atoms with Gasteiger partial charge in [0.05, 0.1) is 12.6 Å². The maximum absolute atomic E-state index is 13.3. The van der Waals surface area contributed by atoms with Gasteiger partial charge in [0, 0.05) is 34.6 Å². The van der Waals surface area contributed by atoms with Crippen LogP contribution in [0.15, 0.2) is 48.5 Å². The molecule has 5 nitrogen and oxygen atoms in total. The summed E-state index contributed by atoms with van der Waals surface area (Å²) >= 11 is 6.11. The number of hydrogen-bond acceptors (Lipinski definition) is 2. The van der Waals surface area contributed by atoms with E-state index in [4.69, 9.17) is 11.6 Å². The Bertz CT molecular complexity index is 1110. The summed E-state index contributed by atoms with van der Waals surface area (Å²) in [4.78, 5) is 33.6. The third-order valence-corrected chi connectivity index (χ3v) is 6.27. The molecule has 1 fully saturated rings. The molecular weight excluding hydrogens is 386 g/mol. The lowest BCUT2D eigenvalue weighted by molar-refractivity contribution is -0.158. The first kappa shape index (κ1) is 18.3. The first-order chi connectivity index (χ1) is 14.1. The number of nitrogens with zero attached hydrogens (tertiary/aromatic N) is 2. The zero-order valence-electron chi connectivity index (χ0n) is 16.2. The summed E-state index contributed by atoms with van der Waals surface area (Å²) in [6.07, 6.45) is 1.37. The second-order valence-corrected chi connectivity index (χ2v) is 8.23. The number of rotatable bonds is 3. The van der Waals surface area contributed by atoms with Crippen LogP contribution in [0.3, 0.4) is 0 Å². The van der Waals surface area contributed by atoms with E-state index in [2.05, 4.69) is 11.1 Å². The minimum atomic E-state index is -0.477. The molecule has 0 aliphatic carbocycles. The number of nitrogens with one attached hydrogen (secondary N) is 1. The second kappa shape index (κ2) is 6.92. The Kier molecular flexibility index (Phi) is 4.36. The highest BCUT2D eigenvalue weighted by Gasteiger charge is 2.47. The van der Waals surface area contributed by atoms with Crippen LogP contribution in [0.4, 0.5) is 0 Å². The van der Waals surface area contributed by atoms with E-state index < -0.39 is 6.04 Å². The monoisotopic (exact) mass is 407 g/mol. The number of amides is 2. The van der Waals surface area contributed by atoms with Gasteiger partial charge in [-0.2, -0.15) is 0 Å². The summed E-state index contributed by atoms with van der Waals surface area (Å²) < 4.78 is 0. The Labute approximate surface area is 174 Å². The Balaban J connectivity index is 1.70. The van der Waals surface area contributed by atoms with Crippen LogP contribution in [-0.2, 0) is 16.0 Å². The maximum atomic E-state index is 13.3. The molecule has 3 aromatic rings. The summed E-state index contributed by atoms with van der Waals surface area (Å²) in [5, 5.41) is 1.77. The lowest BCUT2D eigenvalue weighted by Crippen LogP contribution is -2.63. The van der Waals surface area contributed by atoms with Crippen LogP contribution in [0, 0.1) is 0 Å². The Morgan fingerprint density at radius 3 is 2.62 bits per heavy atom. The van der Waals surface area contributed by atoms with E-state index in [0.717, 1.165) is 34.1 Å². The number of fused-ring (bicyclic) bond motifs is 4. The van der Waals surface area contributed by atoms with Crippen molar-refractivity contribution in [3.63, 3.8) is 0 Å². The molecular formula is C23H22ClN3O2. The van der Waals surface area contributed by atoms with Crippen LogP contribution in [0.5, 0.6) is 0 Å². The average molecular weight is 408 g/mol. The van der Waals surface area contributed by atoms with Gasteiger partial charge in [0.25, 0.3) is 0 Å². The fraction of sp³-hybridized carbons (Fsp3) is 0.304. The molecule has 148 valence electrons. The summed E-state index contributed by atoms with van der Waals surface area (Å²) in [5.74, 6) is 0.0358. The highest BCUT2D eigenvalue weighted by atomic mass is 35.5. The molecule has 0 unspecified atom stereocenters. The normalized spacial score (nSPS) is 21.4. The zero-order valence-corrected chi connectivity index (χ0v) is 16.9. The Morgan fingerprint density at radius 1 is 1.10 bits per heavy atom. The van der Waals surface area contributed by atoms with Gasteiger partial charge in [0.2, 0.25) is 11.8 Å². The lowest BCUT2D eigenvalue weighted by Gasteiger charge is -2.47. The van der Waals surface area contributed by atoms with Gasteiger partial charge in [0.15, 0.2) is 0 Å². The number of carbonyl (C=O) groups is 2. The molecule has 6 heteroatoms. The standard InChI is InChI=1S/C23H22ClN3O2/c1-2-11-26-13-20(28)27-19(23(26)29)12-17-16-5-3-4-6-18(16)25-21(17)22(27)14-7-9-15(24)10-8-14/h3-10,19,22,25H,2,11-13H2,1H3/t19-,22+/m1/s1. The van der Waals surface area contributed by atoms with E-state index in [1.807, 2.05) is 49.4 Å². The van der Waals surface area contributed by atoms with Crippen molar-refractivity contribution in [1.82, 2.24) is 14.8 Å². The van der Waals surface area contributed by atoms with Gasteiger partial charge in [-0.1, -0.05) is 48.9 Å². The largest absolute Gasteiger partial charge is 0.356 e. The molecule has 2 aliphatic rings. The smallest absolute Gasteiger partial charge is 0.246 e. The number of aromatic nitrogens is 1. The van der Waals surface area contributed by atoms with Gasteiger partial charge in [0.1, 0.15) is 6.04 Å². The third kappa shape index (κ3) is 2.84. The van der Waals surface area contributed by atoms with Gasteiger partial charge >= 0.3 is 0 Å². The van der Waals surface area contributed by atoms with Crippen molar-refractivity contribution in [3.8, 4) is 0 Å². The molecule has 2 aromatic carbocycles. The number of halogens is 1. The minimum Gasteiger partial charge on any atom is -0.356 e. The molecule has 0 radical (unpaired) electrons. The van der Waals surface area contributed by atoms with Crippen LogP contribution in [0.25, 0.3) is 10.9 Å². The quantitative estimate of drug-likeness (QED) is 0.715. The summed E-state index contributed by atoms with van der Waals surface area (Å²) in [6.45, 7) is 2.78. The van der Waals surface area contributed by atoms with Gasteiger partial charge in [-0.15, -0.1) is 0 Å². The second-order valence-electron chi connectivity index (χ2n) is 7.80. The molecule has 2 atom stereocenters. The molecule has 1 N–H and O–H groups in total. The number of hydrogen-bond donors (Lipinski definition) is 1. The molecule has 0 spiro atoms. The van der Waals surface area contributed by atoms with Crippen molar-refractivity contribution in [2.75, 3.05) is 13.1 Å². The number of H-pyrrole nitrogens is 1. The van der Waals surface area contributed by atoms with Gasteiger partial charge in [-0.25, -0.2) is 0 Å². The highest BCUT2D eigenvalue weighted by Crippen LogP contribution is 2.42. The predicted octanol–water partition coefficient (Wildman–Crippen LogP) is 3.92. The topological polar surface area (TPSA) is 56.4 Å². The zero-order chi connectivity index (χ0) is 20.1. The van der Waals surface area contributed by atoms with Crippen molar-refractivity contribution < 1.29 is 9.59 Å². The highest BCUT2D eigenvalue weighted by molar-refractivity contribution is 6.30. The minimum absolute atomic E-state index is 0.00712. The van der Waals surface area contributed by atoms with E-state index >= 15 is 0 Å². The van der Waals surface area contributed by atoms with E-state index in [1.165, 1.54) is 0 Å². The number of para-hydroxylation sites is 1. The Morgan fingerprint density at radius 2 is 1.86 bits per heavy atom. The lowest BCUT2D eigenvalue weighted by atomic mass is 9.86. The first-order valence-corrected chi connectivity index (χ1v) is 10.4. The molecule has 1 aromatic heterocycles. The summed E-state index contributed by atoms with van der Waals surface area (Å²) in [5.41, 5.74) is 4.11. The number of benzene rings is 2. The van der Waals surface area contributed by atoms with Crippen LogP contribution in [-0.4, -0.2) is 45.7 Å². The predicted molar refractivity (Wildman–Crippen MR) is 113 cm³/mol. The molecule has 29 heavy (non-hydrogen) atoms. The average Bonchev–Trinajstić information content (AvgIpc) is 3.10. The molecule has 3 heterocycles. The molecule has 0 bridgehead atoms. The van der Waals surface area contributed by atoms with E-state index in [0.29, 0.717) is 18.0 Å². The van der Waals surface area contributed by atoms with Gasteiger partial charge in [-0.3, -0.25) is 9.59 Å². The van der Waals surface area contributed by atoms with E-state index in [1.54, 1.807) is 9.80 Å². The number of carbonyl (C=O) groups excluding carboxylic acids is 2. The molecule has 1 saturated heterocycles. The number of piperazine rings is 1. The molecule has 2 amide bonds. The molecule has 0 saturated carbocycles. The van der Waals surface area contributed by atoms with Crippen LogP contribution in [0.1, 0.15) is 36.2 Å². The van der Waals surface area contributed by atoms with Crippen molar-refractivity contribution in [2.24, 2.45) is 0 Å². The van der Waals surface area contributed by atoms with Crippen molar-refractivity contribution >= 4 is 34.3 Å². The van der Waals surface area contributed by atoms with Crippen LogP contribution < -0.4 is 0 Å². The van der Waals surface area contributed by atoms with E-state index in [9.17, 15) is 9.59 Å². The molecule has 2 aliphatic heterocycles. The van der Waals surface area contributed by atoms with Crippen LogP contribution in [0.2, 0.25) is 5.02 Å². The van der Waals surface area contributed by atoms with Crippen LogP contribution >= 0.6 is 11.6 Å². The van der Waals surface area contributed by atoms with Gasteiger partial charge in [-0.05, 0) is 35.7 Å². The third-order valence-electron chi connectivity index (χ3n) is 6.02. The summed E-state index contributed by atoms with van der Waals surface area (Å²) in [7, 11) is 0. The van der Waals surface area contributed by atoms with Gasteiger partial charge < -0.3 is 14.8 Å². The number of aromatic amines is 1. The summed E-state index contributed by atoms with van der Waals surface area (Å²) in [6, 6.07) is 14.9. The van der Waals surface area contributed by atoms with Crippen molar-refractivity contribution in [2.45, 2.75) is 31.8 Å². The fourth-order valence-corrected chi connectivity index (χ4v) is 4.90. The maximum Gasteiger partial charge on any atom is 0.246 e.